The van der Waals surface area contributed by atoms with Crippen LogP contribution < -0.4 is 16.6 Å². The average molecular weight is 350 g/mol. The molecule has 1 saturated carbocycles. The number of hydrogen-bond donors (Lipinski definition) is 3. The number of nitrogens with two attached hydrogens (primary N) is 1. The van der Waals surface area contributed by atoms with Crippen LogP contribution in [0, 0.1) is 5.82 Å². The normalized spacial score (nSPS) is 15.2. The molecule has 6 nitrogen and oxygen atoms in total. The summed E-state index contributed by atoms with van der Waals surface area (Å²) in [7, 11) is 0. The maximum Gasteiger partial charge on any atom is 0.149 e. The molecule has 0 aliphatic heterocycles. The molecule has 2 heterocycles. The third-order valence-electron chi connectivity index (χ3n) is 4.80. The van der Waals surface area contributed by atoms with Crippen LogP contribution in [0.15, 0.2) is 54.7 Å². The van der Waals surface area contributed by atoms with Crippen molar-refractivity contribution < 1.29 is 4.39 Å². The number of nitrogen functional groups attached to an aromatic ring is 1. The van der Waals surface area contributed by atoms with E-state index < -0.39 is 5.54 Å². The molecule has 2 aromatic heterocycles. The summed E-state index contributed by atoms with van der Waals surface area (Å²) in [5.41, 5.74) is 5.05. The summed E-state index contributed by atoms with van der Waals surface area (Å²) in [5.74, 6) is 5.69. The van der Waals surface area contributed by atoms with E-state index in [1.807, 2.05) is 36.4 Å². The minimum Gasteiger partial charge on any atom is -0.357 e. The lowest BCUT2D eigenvalue weighted by Gasteiger charge is -2.42. The molecule has 1 aliphatic rings. The molecule has 1 aromatic carbocycles. The first-order valence-corrected chi connectivity index (χ1v) is 8.50. The van der Waals surface area contributed by atoms with Gasteiger partial charge < -0.3 is 10.7 Å². The van der Waals surface area contributed by atoms with Gasteiger partial charge >= 0.3 is 0 Å². The SMILES string of the molecule is NNc1ccc(-c2ccc(NC3(c4ncccc4F)CCC3)nn2)cc1. The van der Waals surface area contributed by atoms with Crippen LogP contribution in [0.4, 0.5) is 15.9 Å². The zero-order valence-electron chi connectivity index (χ0n) is 14.1. The number of hydrogen-bond acceptors (Lipinski definition) is 6. The zero-order chi connectivity index (χ0) is 18.0. The molecule has 4 rings (SSSR count). The van der Waals surface area contributed by atoms with Crippen molar-refractivity contribution in [3.8, 4) is 11.3 Å². The maximum absolute atomic E-state index is 14.2. The Morgan fingerprint density at radius 1 is 1.00 bits per heavy atom. The molecule has 7 heteroatoms. The van der Waals surface area contributed by atoms with E-state index in [1.165, 1.54) is 6.07 Å². The van der Waals surface area contributed by atoms with E-state index in [-0.39, 0.29) is 5.82 Å². The van der Waals surface area contributed by atoms with Crippen LogP contribution in [0.2, 0.25) is 0 Å². The van der Waals surface area contributed by atoms with Crippen molar-refractivity contribution in [1.82, 2.24) is 15.2 Å². The Bertz CT molecular complexity index is 891. The van der Waals surface area contributed by atoms with E-state index in [9.17, 15) is 4.39 Å². The van der Waals surface area contributed by atoms with Gasteiger partial charge in [-0.2, -0.15) is 0 Å². The second-order valence-corrected chi connectivity index (χ2v) is 6.42. The fourth-order valence-electron chi connectivity index (χ4n) is 3.22. The quantitative estimate of drug-likeness (QED) is 0.482. The van der Waals surface area contributed by atoms with E-state index in [0.717, 1.165) is 36.2 Å². The van der Waals surface area contributed by atoms with Gasteiger partial charge in [0.1, 0.15) is 17.3 Å². The highest BCUT2D eigenvalue weighted by atomic mass is 19.1. The molecular weight excluding hydrogens is 331 g/mol. The molecule has 0 atom stereocenters. The van der Waals surface area contributed by atoms with Crippen molar-refractivity contribution in [2.75, 3.05) is 10.7 Å². The van der Waals surface area contributed by atoms with Gasteiger partial charge in [-0.25, -0.2) is 4.39 Å². The van der Waals surface area contributed by atoms with Gasteiger partial charge in [0.15, 0.2) is 0 Å². The molecule has 132 valence electrons. The van der Waals surface area contributed by atoms with Crippen LogP contribution in [-0.4, -0.2) is 15.2 Å². The number of rotatable bonds is 5. The van der Waals surface area contributed by atoms with Gasteiger partial charge in [-0.1, -0.05) is 12.1 Å². The van der Waals surface area contributed by atoms with Gasteiger partial charge in [-0.3, -0.25) is 10.8 Å². The second kappa shape index (κ2) is 6.68. The van der Waals surface area contributed by atoms with Gasteiger partial charge in [0, 0.05) is 17.4 Å². The molecule has 0 amide bonds. The number of halogens is 1. The Balaban J connectivity index is 1.56. The number of aromatic nitrogens is 3. The predicted octanol–water partition coefficient (Wildman–Crippen LogP) is 3.45. The fourth-order valence-corrected chi connectivity index (χ4v) is 3.22. The van der Waals surface area contributed by atoms with E-state index in [0.29, 0.717) is 11.5 Å². The smallest absolute Gasteiger partial charge is 0.149 e. The number of anilines is 2. The van der Waals surface area contributed by atoms with Crippen molar-refractivity contribution in [2.24, 2.45) is 5.84 Å². The van der Waals surface area contributed by atoms with Crippen LogP contribution in [-0.2, 0) is 5.54 Å². The maximum atomic E-state index is 14.2. The fraction of sp³-hybridized carbons (Fsp3) is 0.211. The lowest BCUT2D eigenvalue weighted by Crippen LogP contribution is -2.43. The summed E-state index contributed by atoms with van der Waals surface area (Å²) in [5, 5.41) is 11.9. The number of nitrogens with zero attached hydrogens (tertiary/aromatic N) is 3. The lowest BCUT2D eigenvalue weighted by molar-refractivity contribution is 0.265. The number of hydrazine groups is 1. The van der Waals surface area contributed by atoms with E-state index in [2.05, 4.69) is 25.9 Å². The highest BCUT2D eigenvalue weighted by molar-refractivity contribution is 5.63. The summed E-state index contributed by atoms with van der Waals surface area (Å²) >= 11 is 0. The summed E-state index contributed by atoms with van der Waals surface area (Å²) in [6.45, 7) is 0. The Morgan fingerprint density at radius 3 is 2.38 bits per heavy atom. The summed E-state index contributed by atoms with van der Waals surface area (Å²) < 4.78 is 14.2. The Labute approximate surface area is 150 Å². The van der Waals surface area contributed by atoms with Gasteiger partial charge in [-0.05, 0) is 55.7 Å². The van der Waals surface area contributed by atoms with Gasteiger partial charge in [0.25, 0.3) is 0 Å². The molecule has 0 bridgehead atoms. The minimum absolute atomic E-state index is 0.294. The Hall–Kier alpha value is -3.06. The Kier molecular flexibility index (Phi) is 4.22. The number of benzene rings is 1. The van der Waals surface area contributed by atoms with Crippen LogP contribution in [0.1, 0.15) is 25.0 Å². The molecule has 4 N–H and O–H groups in total. The van der Waals surface area contributed by atoms with Crippen molar-refractivity contribution in [2.45, 2.75) is 24.8 Å². The first-order valence-electron chi connectivity index (χ1n) is 8.50. The molecule has 26 heavy (non-hydrogen) atoms. The summed E-state index contributed by atoms with van der Waals surface area (Å²) in [6.07, 6.45) is 4.28. The zero-order valence-corrected chi connectivity index (χ0v) is 14.1. The summed E-state index contributed by atoms with van der Waals surface area (Å²) in [6, 6.07) is 14.4. The standard InChI is InChI=1S/C19H19FN6/c20-15-3-1-12-22-18(15)19(10-2-11-19)23-17-9-8-16(25-26-17)13-4-6-14(24-21)7-5-13/h1,3-9,12,24H,2,10-11,21H2,(H,23,26). The third kappa shape index (κ3) is 2.97. The largest absolute Gasteiger partial charge is 0.357 e. The molecule has 1 aliphatic carbocycles. The van der Waals surface area contributed by atoms with Crippen LogP contribution in [0.5, 0.6) is 0 Å². The summed E-state index contributed by atoms with van der Waals surface area (Å²) in [4.78, 5) is 4.25. The third-order valence-corrected chi connectivity index (χ3v) is 4.80. The van der Waals surface area contributed by atoms with Gasteiger partial charge in [0.2, 0.25) is 0 Å². The average Bonchev–Trinajstić information content (AvgIpc) is 2.66. The van der Waals surface area contributed by atoms with E-state index >= 15 is 0 Å². The number of pyridine rings is 1. The van der Waals surface area contributed by atoms with Gasteiger partial charge in [0.05, 0.1) is 11.2 Å². The lowest BCUT2D eigenvalue weighted by atomic mass is 9.74. The first-order chi connectivity index (χ1) is 12.7. The molecule has 1 fully saturated rings. The predicted molar refractivity (Wildman–Crippen MR) is 98.6 cm³/mol. The molecule has 0 saturated heterocycles. The molecule has 0 spiro atoms. The molecule has 3 aromatic rings. The van der Waals surface area contributed by atoms with Crippen LogP contribution in [0.25, 0.3) is 11.3 Å². The topological polar surface area (TPSA) is 88.8 Å². The number of nitrogens with one attached hydrogen (secondary N) is 2. The van der Waals surface area contributed by atoms with Crippen molar-refractivity contribution in [3.05, 3.63) is 66.2 Å². The monoisotopic (exact) mass is 350 g/mol. The van der Waals surface area contributed by atoms with Crippen LogP contribution >= 0.6 is 0 Å². The van der Waals surface area contributed by atoms with E-state index in [1.54, 1.807) is 12.3 Å². The molecule has 0 unspecified atom stereocenters. The minimum atomic E-state index is -0.504. The van der Waals surface area contributed by atoms with Crippen molar-refractivity contribution in [1.29, 1.82) is 0 Å². The van der Waals surface area contributed by atoms with Crippen LogP contribution in [0.3, 0.4) is 0 Å². The highest BCUT2D eigenvalue weighted by Gasteiger charge is 2.42. The Morgan fingerprint density at radius 2 is 1.81 bits per heavy atom. The first kappa shape index (κ1) is 16.4. The molecule has 0 radical (unpaired) electrons. The highest BCUT2D eigenvalue weighted by Crippen LogP contribution is 2.43. The van der Waals surface area contributed by atoms with Gasteiger partial charge in [-0.15, -0.1) is 10.2 Å². The second-order valence-electron chi connectivity index (χ2n) is 6.42. The molecular formula is C19H19FN6. The van der Waals surface area contributed by atoms with E-state index in [4.69, 9.17) is 5.84 Å². The van der Waals surface area contributed by atoms with Crippen molar-refractivity contribution in [3.63, 3.8) is 0 Å². The van der Waals surface area contributed by atoms with Crippen molar-refractivity contribution >= 4 is 11.5 Å².